The van der Waals surface area contributed by atoms with Crippen molar-refractivity contribution < 1.29 is 32.1 Å². The van der Waals surface area contributed by atoms with Crippen LogP contribution in [0.3, 0.4) is 0 Å². The normalized spacial score (nSPS) is 13.7. The van der Waals surface area contributed by atoms with E-state index in [2.05, 4.69) is 25.5 Å². The lowest BCUT2D eigenvalue weighted by atomic mass is 10.2. The number of nitrogens with zero attached hydrogens (tertiary/aromatic N) is 3. The van der Waals surface area contributed by atoms with E-state index < -0.39 is 6.36 Å². The molecular weight excluding hydrogens is 469 g/mol. The molecule has 0 fully saturated rings. The number of anilines is 1. The highest BCUT2D eigenvalue weighted by atomic mass is 19.4. The molecule has 1 aliphatic heterocycles. The van der Waals surface area contributed by atoms with Gasteiger partial charge in [-0.3, -0.25) is 9.67 Å². The van der Waals surface area contributed by atoms with Crippen LogP contribution in [-0.2, 0) is 20.8 Å². The molecule has 3 rings (SSSR count). The van der Waals surface area contributed by atoms with E-state index >= 15 is 0 Å². The fourth-order valence-corrected chi connectivity index (χ4v) is 3.00. The highest BCUT2D eigenvalue weighted by Crippen LogP contribution is 2.24. The van der Waals surface area contributed by atoms with E-state index in [0.717, 1.165) is 11.3 Å². The van der Waals surface area contributed by atoms with Crippen molar-refractivity contribution in [3.63, 3.8) is 0 Å². The van der Waals surface area contributed by atoms with Gasteiger partial charge in [0.25, 0.3) is 0 Å². The van der Waals surface area contributed by atoms with Crippen LogP contribution < -0.4 is 21.1 Å². The average molecular weight is 499 g/mol. The Morgan fingerprint density at radius 3 is 2.37 bits per heavy atom. The molecule has 192 valence electrons. The first-order valence-electron chi connectivity index (χ1n) is 11.0. The quantitative estimate of drug-likeness (QED) is 0.320. The van der Waals surface area contributed by atoms with E-state index in [1.165, 1.54) is 24.3 Å². The summed E-state index contributed by atoms with van der Waals surface area (Å²) >= 11 is 0. The van der Waals surface area contributed by atoms with E-state index in [9.17, 15) is 13.2 Å². The van der Waals surface area contributed by atoms with Gasteiger partial charge >= 0.3 is 6.36 Å². The molecule has 0 unspecified atom stereocenters. The molecule has 4 N–H and O–H groups in total. The zero-order chi connectivity index (χ0) is 24.9. The Labute approximate surface area is 200 Å². The van der Waals surface area contributed by atoms with Gasteiger partial charge in [-0.05, 0) is 24.3 Å². The van der Waals surface area contributed by atoms with Crippen LogP contribution in [0, 0.1) is 0 Å². The molecule has 2 heterocycles. The maximum Gasteiger partial charge on any atom is 0.573 e. The summed E-state index contributed by atoms with van der Waals surface area (Å²) in [5.74, 6) is 0.372. The number of nitrogens with two attached hydrogens (primary N) is 1. The summed E-state index contributed by atoms with van der Waals surface area (Å²) in [7, 11) is 0. The number of rotatable bonds is 15. The van der Waals surface area contributed by atoms with Crippen molar-refractivity contribution in [1.82, 2.24) is 15.1 Å². The average Bonchev–Trinajstić information content (AvgIpc) is 3.30. The summed E-state index contributed by atoms with van der Waals surface area (Å²) in [6.45, 7) is 4.41. The number of aromatic nitrogens is 2. The van der Waals surface area contributed by atoms with Gasteiger partial charge in [0.05, 0.1) is 58.1 Å². The summed E-state index contributed by atoms with van der Waals surface area (Å²) < 4.78 is 58.7. The molecule has 0 amide bonds. The Morgan fingerprint density at radius 2 is 1.69 bits per heavy atom. The van der Waals surface area contributed by atoms with Crippen LogP contribution >= 0.6 is 0 Å². The summed E-state index contributed by atoms with van der Waals surface area (Å²) in [5.41, 5.74) is 7.48. The maximum absolute atomic E-state index is 12.3. The molecule has 0 aliphatic carbocycles. The largest absolute Gasteiger partial charge is 0.573 e. The van der Waals surface area contributed by atoms with Crippen LogP contribution in [-0.4, -0.2) is 74.7 Å². The molecule has 1 aliphatic rings. The summed E-state index contributed by atoms with van der Waals surface area (Å²) in [6, 6.07) is 5.47. The third kappa shape index (κ3) is 9.94. The van der Waals surface area contributed by atoms with Crippen molar-refractivity contribution in [3.8, 4) is 5.75 Å². The lowest BCUT2D eigenvalue weighted by Gasteiger charge is -2.17. The molecule has 13 heteroatoms. The fraction of sp³-hybridized carbons (Fsp3) is 0.455. The standard InChI is InChI=1S/C22H29F3N6O4/c23-22(24,25)35-19-3-1-18(2-4-19)30-21-13-20(27-16-28-21)17-14-29-31(15-17)6-8-33-10-12-34-11-9-32-7-5-26/h1-4,13-15,28,30H,5-12,16,26H2. The smallest absolute Gasteiger partial charge is 0.406 e. The lowest BCUT2D eigenvalue weighted by molar-refractivity contribution is -0.274. The molecule has 0 saturated heterocycles. The number of nitrogens with one attached hydrogen (secondary N) is 2. The first-order valence-corrected chi connectivity index (χ1v) is 11.0. The van der Waals surface area contributed by atoms with Crippen molar-refractivity contribution in [2.75, 3.05) is 58.2 Å². The Bertz CT molecular complexity index is 963. The minimum atomic E-state index is -4.72. The number of allylic oxidation sites excluding steroid dienone is 1. The molecular formula is C22H29F3N6O4. The van der Waals surface area contributed by atoms with E-state index in [0.29, 0.717) is 70.9 Å². The van der Waals surface area contributed by atoms with Gasteiger partial charge in [0.2, 0.25) is 0 Å². The van der Waals surface area contributed by atoms with Crippen LogP contribution in [0.5, 0.6) is 5.75 Å². The summed E-state index contributed by atoms with van der Waals surface area (Å²) in [6.07, 6.45) is 0.664. The molecule has 0 spiro atoms. The number of alkyl halides is 3. The second-order valence-electron chi connectivity index (χ2n) is 7.25. The van der Waals surface area contributed by atoms with Crippen LogP contribution in [0.2, 0.25) is 0 Å². The van der Waals surface area contributed by atoms with Gasteiger partial charge in [0.1, 0.15) is 18.2 Å². The van der Waals surface area contributed by atoms with Gasteiger partial charge in [-0.2, -0.15) is 5.10 Å². The number of halogens is 3. The first kappa shape index (κ1) is 26.5. The van der Waals surface area contributed by atoms with Crippen molar-refractivity contribution in [2.45, 2.75) is 12.9 Å². The zero-order valence-electron chi connectivity index (χ0n) is 19.1. The monoisotopic (exact) mass is 498 g/mol. The minimum absolute atomic E-state index is 0.285. The van der Waals surface area contributed by atoms with Gasteiger partial charge < -0.3 is 35.3 Å². The van der Waals surface area contributed by atoms with Crippen molar-refractivity contribution in [2.24, 2.45) is 10.7 Å². The molecule has 1 aromatic heterocycles. The van der Waals surface area contributed by atoms with E-state index in [4.69, 9.17) is 19.9 Å². The van der Waals surface area contributed by atoms with Gasteiger partial charge in [0, 0.05) is 30.1 Å². The maximum atomic E-state index is 12.3. The van der Waals surface area contributed by atoms with Gasteiger partial charge in [-0.1, -0.05) is 0 Å². The summed E-state index contributed by atoms with van der Waals surface area (Å²) in [4.78, 5) is 4.44. The highest BCUT2D eigenvalue weighted by molar-refractivity contribution is 6.09. The van der Waals surface area contributed by atoms with Crippen molar-refractivity contribution >= 4 is 11.4 Å². The predicted molar refractivity (Wildman–Crippen MR) is 123 cm³/mol. The first-order chi connectivity index (χ1) is 16.9. The number of aliphatic imine (C=N–C) groups is 1. The Hall–Kier alpha value is -3.13. The number of hydrogen-bond acceptors (Lipinski definition) is 9. The second kappa shape index (κ2) is 13.7. The molecule has 0 bridgehead atoms. The number of benzene rings is 1. The van der Waals surface area contributed by atoms with Crippen molar-refractivity contribution in [1.29, 1.82) is 0 Å². The summed E-state index contributed by atoms with van der Waals surface area (Å²) in [5, 5.41) is 10.5. The van der Waals surface area contributed by atoms with Gasteiger partial charge in [-0.25, -0.2) is 0 Å². The van der Waals surface area contributed by atoms with Crippen molar-refractivity contribution in [3.05, 3.63) is 54.1 Å². The second-order valence-corrected chi connectivity index (χ2v) is 7.25. The van der Waals surface area contributed by atoms with E-state index in [1.807, 2.05) is 6.20 Å². The molecule has 0 atom stereocenters. The topological polar surface area (TPSA) is 117 Å². The zero-order valence-corrected chi connectivity index (χ0v) is 19.1. The molecule has 2 aromatic rings. The van der Waals surface area contributed by atoms with E-state index in [1.54, 1.807) is 17.0 Å². The van der Waals surface area contributed by atoms with Gasteiger partial charge in [-0.15, -0.1) is 13.2 Å². The molecule has 0 radical (unpaired) electrons. The Morgan fingerprint density at radius 1 is 1.00 bits per heavy atom. The fourth-order valence-electron chi connectivity index (χ4n) is 3.00. The minimum Gasteiger partial charge on any atom is -0.406 e. The van der Waals surface area contributed by atoms with Crippen LogP contribution in [0.4, 0.5) is 18.9 Å². The van der Waals surface area contributed by atoms with Crippen LogP contribution in [0.15, 0.2) is 53.5 Å². The third-order valence-corrected chi connectivity index (χ3v) is 4.57. The predicted octanol–water partition coefficient (Wildman–Crippen LogP) is 2.09. The number of ether oxygens (including phenoxy) is 4. The molecule has 0 saturated carbocycles. The van der Waals surface area contributed by atoms with Gasteiger partial charge in [0.15, 0.2) is 0 Å². The molecule has 10 nitrogen and oxygen atoms in total. The van der Waals surface area contributed by atoms with Crippen LogP contribution in [0.1, 0.15) is 5.56 Å². The number of hydrogen-bond donors (Lipinski definition) is 3. The Kier molecular flexibility index (Phi) is 10.3. The third-order valence-electron chi connectivity index (χ3n) is 4.57. The molecule has 35 heavy (non-hydrogen) atoms. The SMILES string of the molecule is NCCOCCOCCOCCn1cc(C2=NCNC(Nc3ccc(OC(F)(F)F)cc3)=C2)cn1. The highest BCUT2D eigenvalue weighted by Gasteiger charge is 2.30. The van der Waals surface area contributed by atoms with E-state index in [-0.39, 0.29) is 5.75 Å². The Balaban J connectivity index is 1.40. The lowest BCUT2D eigenvalue weighted by Crippen LogP contribution is -2.25. The van der Waals surface area contributed by atoms with Crippen LogP contribution in [0.25, 0.3) is 0 Å². The molecule has 1 aromatic carbocycles.